The molecule has 0 amide bonds. The zero-order valence-electron chi connectivity index (χ0n) is 5.95. The molecule has 11 heavy (non-hydrogen) atoms. The molecule has 5 heteroatoms. The van der Waals surface area contributed by atoms with Gasteiger partial charge in [0.05, 0.1) is 6.61 Å². The number of hydrogen-bond acceptors (Lipinski definition) is 2. The number of nitrogens with one attached hydrogen (secondary N) is 1. The fourth-order valence-corrected chi connectivity index (χ4v) is 1.09. The highest BCUT2D eigenvalue weighted by atomic mass is 19.4. The summed E-state index contributed by atoms with van der Waals surface area (Å²) in [5.41, 5.74) is 0. The third-order valence-electron chi connectivity index (χ3n) is 1.61. The highest BCUT2D eigenvalue weighted by molar-refractivity contribution is 4.73. The van der Waals surface area contributed by atoms with E-state index < -0.39 is 6.36 Å². The third-order valence-corrected chi connectivity index (χ3v) is 1.61. The van der Waals surface area contributed by atoms with Crippen LogP contribution in [0, 0.1) is 0 Å². The quantitative estimate of drug-likeness (QED) is 0.672. The van der Waals surface area contributed by atoms with Gasteiger partial charge in [0.2, 0.25) is 0 Å². The summed E-state index contributed by atoms with van der Waals surface area (Å²) in [5.74, 6) is 0. The van der Waals surface area contributed by atoms with Crippen molar-refractivity contribution < 1.29 is 17.9 Å². The Bertz CT molecular complexity index is 119. The average molecular weight is 169 g/mol. The summed E-state index contributed by atoms with van der Waals surface area (Å²) >= 11 is 0. The summed E-state index contributed by atoms with van der Waals surface area (Å²) in [5, 5.41) is 2.90. The molecule has 1 rings (SSSR count). The third kappa shape index (κ3) is 3.57. The molecular formula is C6H10F3NO. The van der Waals surface area contributed by atoms with Crippen LogP contribution >= 0.6 is 0 Å². The fraction of sp³-hybridized carbons (Fsp3) is 1.00. The van der Waals surface area contributed by atoms with Gasteiger partial charge in [-0.1, -0.05) is 0 Å². The van der Waals surface area contributed by atoms with Gasteiger partial charge >= 0.3 is 6.36 Å². The van der Waals surface area contributed by atoms with Crippen LogP contribution in [0.2, 0.25) is 0 Å². The molecule has 0 saturated carbocycles. The topological polar surface area (TPSA) is 21.3 Å². The van der Waals surface area contributed by atoms with Gasteiger partial charge in [-0.25, -0.2) is 0 Å². The summed E-state index contributed by atoms with van der Waals surface area (Å²) in [7, 11) is 0. The first-order valence-corrected chi connectivity index (χ1v) is 3.52. The van der Waals surface area contributed by atoms with Crippen molar-refractivity contribution in [1.82, 2.24) is 5.32 Å². The Hall–Kier alpha value is -0.290. The molecule has 1 aliphatic rings. The molecule has 66 valence electrons. The molecule has 0 bridgehead atoms. The molecule has 0 aromatic carbocycles. The van der Waals surface area contributed by atoms with Crippen LogP contribution < -0.4 is 5.32 Å². The molecular weight excluding hydrogens is 159 g/mol. The largest absolute Gasteiger partial charge is 0.522 e. The predicted octanol–water partition coefficient (Wildman–Crippen LogP) is 1.27. The fourth-order valence-electron chi connectivity index (χ4n) is 1.09. The minimum Gasteiger partial charge on any atom is -0.312 e. The molecule has 1 saturated heterocycles. The Morgan fingerprint density at radius 2 is 2.18 bits per heavy atom. The lowest BCUT2D eigenvalue weighted by Crippen LogP contribution is -2.30. The van der Waals surface area contributed by atoms with E-state index in [2.05, 4.69) is 10.1 Å². The summed E-state index contributed by atoms with van der Waals surface area (Å²) in [6, 6.07) is -0.114. The van der Waals surface area contributed by atoms with Crippen LogP contribution in [0.25, 0.3) is 0 Å². The van der Waals surface area contributed by atoms with E-state index in [1.54, 1.807) is 0 Å². The molecule has 1 N–H and O–H groups in total. The van der Waals surface area contributed by atoms with E-state index in [0.717, 1.165) is 19.4 Å². The monoisotopic (exact) mass is 169 g/mol. The van der Waals surface area contributed by atoms with Crippen molar-refractivity contribution in [2.24, 2.45) is 0 Å². The zero-order chi connectivity index (χ0) is 8.32. The maximum absolute atomic E-state index is 11.5. The molecule has 0 aromatic rings. The second-order valence-corrected chi connectivity index (χ2v) is 2.55. The normalized spacial score (nSPS) is 25.9. The summed E-state index contributed by atoms with van der Waals surface area (Å²) in [6.45, 7) is 0.537. The van der Waals surface area contributed by atoms with E-state index in [4.69, 9.17) is 0 Å². The van der Waals surface area contributed by atoms with Crippen molar-refractivity contribution in [3.05, 3.63) is 0 Å². The van der Waals surface area contributed by atoms with Crippen molar-refractivity contribution in [3.63, 3.8) is 0 Å². The average Bonchev–Trinajstić information content (AvgIpc) is 2.32. The maximum atomic E-state index is 11.5. The zero-order valence-corrected chi connectivity index (χ0v) is 5.95. The molecule has 0 aliphatic carbocycles. The van der Waals surface area contributed by atoms with Crippen molar-refractivity contribution >= 4 is 0 Å². The Morgan fingerprint density at radius 3 is 2.64 bits per heavy atom. The summed E-state index contributed by atoms with van der Waals surface area (Å²) in [4.78, 5) is 0. The van der Waals surface area contributed by atoms with Gasteiger partial charge in [0, 0.05) is 6.04 Å². The predicted molar refractivity (Wildman–Crippen MR) is 33.0 cm³/mol. The minimum atomic E-state index is -4.48. The van der Waals surface area contributed by atoms with Gasteiger partial charge < -0.3 is 5.32 Å². The number of halogens is 3. The van der Waals surface area contributed by atoms with Gasteiger partial charge in [-0.2, -0.15) is 0 Å². The van der Waals surface area contributed by atoms with Crippen LogP contribution in [0.5, 0.6) is 0 Å². The second kappa shape index (κ2) is 3.40. The lowest BCUT2D eigenvalue weighted by molar-refractivity contribution is -0.326. The molecule has 2 nitrogen and oxygen atoms in total. The lowest BCUT2D eigenvalue weighted by Gasteiger charge is -2.11. The smallest absolute Gasteiger partial charge is 0.312 e. The van der Waals surface area contributed by atoms with Crippen LogP contribution in [-0.4, -0.2) is 25.6 Å². The molecule has 1 heterocycles. The van der Waals surface area contributed by atoms with Crippen LogP contribution in [0.15, 0.2) is 0 Å². The Kier molecular flexibility index (Phi) is 2.72. The number of alkyl halides is 3. The van der Waals surface area contributed by atoms with E-state index in [0.29, 0.717) is 0 Å². The van der Waals surface area contributed by atoms with Gasteiger partial charge in [-0.3, -0.25) is 4.74 Å². The van der Waals surface area contributed by atoms with E-state index in [1.165, 1.54) is 0 Å². The lowest BCUT2D eigenvalue weighted by atomic mass is 10.2. The molecule has 1 aliphatic heterocycles. The SMILES string of the molecule is FC(F)(F)OC[C@H]1CCCN1. The standard InChI is InChI=1S/C6H10F3NO/c7-6(8,9)11-4-5-2-1-3-10-5/h5,10H,1-4H2/t5-/m1/s1. The van der Waals surface area contributed by atoms with Gasteiger partial charge in [0.15, 0.2) is 0 Å². The van der Waals surface area contributed by atoms with Crippen molar-refractivity contribution in [1.29, 1.82) is 0 Å². The second-order valence-electron chi connectivity index (χ2n) is 2.55. The molecule has 0 spiro atoms. The van der Waals surface area contributed by atoms with Gasteiger partial charge in [0.1, 0.15) is 0 Å². The Morgan fingerprint density at radius 1 is 1.45 bits per heavy atom. The first-order valence-electron chi connectivity index (χ1n) is 3.52. The summed E-state index contributed by atoms with van der Waals surface area (Å²) in [6.07, 6.45) is -2.77. The molecule has 0 unspecified atom stereocenters. The van der Waals surface area contributed by atoms with Gasteiger partial charge in [-0.15, -0.1) is 13.2 Å². The first kappa shape index (κ1) is 8.80. The van der Waals surface area contributed by atoms with Crippen molar-refractivity contribution in [2.45, 2.75) is 25.2 Å². The number of hydrogen-bond donors (Lipinski definition) is 1. The Labute approximate surface area is 62.7 Å². The van der Waals surface area contributed by atoms with Gasteiger partial charge in [0.25, 0.3) is 0 Å². The van der Waals surface area contributed by atoms with Crippen LogP contribution in [0.4, 0.5) is 13.2 Å². The number of rotatable bonds is 2. The first-order chi connectivity index (χ1) is 5.08. The van der Waals surface area contributed by atoms with E-state index in [-0.39, 0.29) is 12.6 Å². The molecule has 1 atom stereocenters. The van der Waals surface area contributed by atoms with Crippen LogP contribution in [0.1, 0.15) is 12.8 Å². The maximum Gasteiger partial charge on any atom is 0.522 e. The molecule has 0 radical (unpaired) electrons. The van der Waals surface area contributed by atoms with Crippen LogP contribution in [0.3, 0.4) is 0 Å². The van der Waals surface area contributed by atoms with Gasteiger partial charge in [-0.05, 0) is 19.4 Å². The Balaban J connectivity index is 2.11. The highest BCUT2D eigenvalue weighted by Crippen LogP contribution is 2.17. The molecule has 1 fully saturated rings. The van der Waals surface area contributed by atoms with Crippen LogP contribution in [-0.2, 0) is 4.74 Å². The van der Waals surface area contributed by atoms with E-state index >= 15 is 0 Å². The minimum absolute atomic E-state index is 0.114. The van der Waals surface area contributed by atoms with Crippen molar-refractivity contribution in [3.8, 4) is 0 Å². The van der Waals surface area contributed by atoms with E-state index in [9.17, 15) is 13.2 Å². The number of ether oxygens (including phenoxy) is 1. The molecule has 0 aromatic heterocycles. The summed E-state index contributed by atoms with van der Waals surface area (Å²) < 4.78 is 38.0. The highest BCUT2D eigenvalue weighted by Gasteiger charge is 2.30. The van der Waals surface area contributed by atoms with Crippen molar-refractivity contribution in [2.75, 3.05) is 13.2 Å². The van der Waals surface area contributed by atoms with E-state index in [1.807, 2.05) is 0 Å².